The Labute approximate surface area is 201 Å². The van der Waals surface area contributed by atoms with Crippen molar-refractivity contribution in [3.05, 3.63) is 23.0 Å². The Hall–Kier alpha value is -1.33. The SMILES string of the molecule is C/C(=C\CCC1(C)CCC2=C(O1)C(C)C(C)C(O)C2)CCCC(C)(O)CCCC(C)C(=O)O. The molecular formula is C28H48O5. The van der Waals surface area contributed by atoms with E-state index in [1.165, 1.54) is 11.1 Å². The molecule has 0 spiro atoms. The lowest BCUT2D eigenvalue weighted by Gasteiger charge is -2.44. The number of allylic oxidation sites excluding steroid dienone is 3. The highest BCUT2D eigenvalue weighted by molar-refractivity contribution is 5.69. The quantitative estimate of drug-likeness (QED) is 0.292. The molecule has 6 unspecified atom stereocenters. The van der Waals surface area contributed by atoms with Crippen LogP contribution in [0, 0.1) is 17.8 Å². The van der Waals surface area contributed by atoms with Crippen LogP contribution in [-0.4, -0.2) is 38.6 Å². The minimum atomic E-state index is -0.762. The van der Waals surface area contributed by atoms with Crippen molar-refractivity contribution < 1.29 is 24.9 Å². The van der Waals surface area contributed by atoms with E-state index in [-0.39, 0.29) is 29.5 Å². The standard InChI is InChI=1S/C28H48O5/c1-19(10-7-14-27(5,32)15-9-12-20(2)26(30)31)11-8-16-28(6)17-13-23-18-24(29)21(3)22(4)25(23)33-28/h11,20-22,24,29,32H,7-10,12-18H2,1-6H3,(H,30,31)/b19-11+. The van der Waals surface area contributed by atoms with E-state index >= 15 is 0 Å². The van der Waals surface area contributed by atoms with Crippen molar-refractivity contribution in [2.75, 3.05) is 0 Å². The van der Waals surface area contributed by atoms with Crippen LogP contribution in [-0.2, 0) is 9.53 Å². The molecule has 3 N–H and O–H groups in total. The molecule has 1 aliphatic heterocycles. The van der Waals surface area contributed by atoms with E-state index in [0.29, 0.717) is 12.8 Å². The molecule has 2 rings (SSSR count). The zero-order valence-corrected chi connectivity index (χ0v) is 21.8. The highest BCUT2D eigenvalue weighted by Gasteiger charge is 2.40. The highest BCUT2D eigenvalue weighted by atomic mass is 16.5. The van der Waals surface area contributed by atoms with E-state index in [1.807, 2.05) is 6.92 Å². The van der Waals surface area contributed by atoms with Gasteiger partial charge in [0.2, 0.25) is 0 Å². The third kappa shape index (κ3) is 8.43. The molecule has 5 nitrogen and oxygen atoms in total. The van der Waals surface area contributed by atoms with E-state index in [2.05, 4.69) is 33.8 Å². The summed E-state index contributed by atoms with van der Waals surface area (Å²) in [6, 6.07) is 0. The molecule has 0 fully saturated rings. The van der Waals surface area contributed by atoms with Crippen molar-refractivity contribution in [3.63, 3.8) is 0 Å². The molecule has 0 aromatic carbocycles. The van der Waals surface area contributed by atoms with Gasteiger partial charge in [-0.25, -0.2) is 0 Å². The molecule has 0 amide bonds. The molecule has 5 heteroatoms. The molecule has 0 saturated heterocycles. The number of ether oxygens (including phenoxy) is 1. The molecule has 0 saturated carbocycles. The van der Waals surface area contributed by atoms with Crippen molar-refractivity contribution in [2.24, 2.45) is 17.8 Å². The summed E-state index contributed by atoms with van der Waals surface area (Å²) in [7, 11) is 0. The van der Waals surface area contributed by atoms with E-state index < -0.39 is 11.6 Å². The van der Waals surface area contributed by atoms with Crippen LogP contribution < -0.4 is 0 Å². The zero-order valence-electron chi connectivity index (χ0n) is 21.8. The third-order valence-electron chi connectivity index (χ3n) is 8.15. The predicted molar refractivity (Wildman–Crippen MR) is 133 cm³/mol. The molecule has 1 aliphatic carbocycles. The molecule has 0 radical (unpaired) electrons. The molecule has 6 atom stereocenters. The summed E-state index contributed by atoms with van der Waals surface area (Å²) in [5.74, 6) is 0.552. The summed E-state index contributed by atoms with van der Waals surface area (Å²) >= 11 is 0. The Morgan fingerprint density at radius 2 is 1.97 bits per heavy atom. The number of carbonyl (C=O) groups is 1. The van der Waals surface area contributed by atoms with Crippen LogP contribution in [0.2, 0.25) is 0 Å². The van der Waals surface area contributed by atoms with Crippen LogP contribution in [0.15, 0.2) is 23.0 Å². The molecule has 1 heterocycles. The van der Waals surface area contributed by atoms with Gasteiger partial charge in [-0.3, -0.25) is 4.79 Å². The Balaban J connectivity index is 1.73. The van der Waals surface area contributed by atoms with Crippen molar-refractivity contribution in [3.8, 4) is 0 Å². The smallest absolute Gasteiger partial charge is 0.306 e. The fourth-order valence-corrected chi connectivity index (χ4v) is 5.24. The van der Waals surface area contributed by atoms with Crippen LogP contribution in [0.1, 0.15) is 112 Å². The normalized spacial score (nSPS) is 30.9. The number of aliphatic hydroxyl groups is 2. The van der Waals surface area contributed by atoms with Gasteiger partial charge in [0, 0.05) is 5.92 Å². The lowest BCUT2D eigenvalue weighted by molar-refractivity contribution is -0.141. The van der Waals surface area contributed by atoms with Gasteiger partial charge in [-0.1, -0.05) is 32.4 Å². The number of carboxylic acids is 1. The second-order valence-corrected chi connectivity index (χ2v) is 11.5. The minimum Gasteiger partial charge on any atom is -0.492 e. The van der Waals surface area contributed by atoms with Gasteiger partial charge in [0.05, 0.1) is 23.4 Å². The Morgan fingerprint density at radius 3 is 2.64 bits per heavy atom. The average Bonchev–Trinajstić information content (AvgIpc) is 2.72. The Bertz CT molecular complexity index is 722. The van der Waals surface area contributed by atoms with Gasteiger partial charge >= 0.3 is 5.97 Å². The number of carboxylic acid groups (broad SMARTS) is 1. The summed E-state index contributed by atoms with van der Waals surface area (Å²) in [6.45, 7) is 12.3. The maximum absolute atomic E-state index is 10.9. The highest BCUT2D eigenvalue weighted by Crippen LogP contribution is 2.45. The number of aliphatic carboxylic acids is 1. The second kappa shape index (κ2) is 11.9. The van der Waals surface area contributed by atoms with Crippen molar-refractivity contribution in [1.29, 1.82) is 0 Å². The Kier molecular flexibility index (Phi) is 10.0. The first kappa shape index (κ1) is 27.9. The van der Waals surface area contributed by atoms with Crippen LogP contribution in [0.3, 0.4) is 0 Å². The van der Waals surface area contributed by atoms with Crippen LogP contribution in [0.25, 0.3) is 0 Å². The van der Waals surface area contributed by atoms with Gasteiger partial charge in [-0.05, 0) is 103 Å². The number of hydrogen-bond donors (Lipinski definition) is 3. The van der Waals surface area contributed by atoms with Gasteiger partial charge in [-0.2, -0.15) is 0 Å². The fourth-order valence-electron chi connectivity index (χ4n) is 5.24. The molecule has 0 bridgehead atoms. The summed E-state index contributed by atoms with van der Waals surface area (Å²) < 4.78 is 6.55. The number of rotatable bonds is 12. The molecule has 0 aromatic rings. The monoisotopic (exact) mass is 464 g/mol. The van der Waals surface area contributed by atoms with Gasteiger partial charge in [0.25, 0.3) is 0 Å². The average molecular weight is 465 g/mol. The van der Waals surface area contributed by atoms with Crippen molar-refractivity contribution in [1.82, 2.24) is 0 Å². The largest absolute Gasteiger partial charge is 0.492 e. The van der Waals surface area contributed by atoms with Gasteiger partial charge in [-0.15, -0.1) is 0 Å². The van der Waals surface area contributed by atoms with Crippen LogP contribution in [0.5, 0.6) is 0 Å². The van der Waals surface area contributed by atoms with Crippen molar-refractivity contribution in [2.45, 2.75) is 129 Å². The fraction of sp³-hybridized carbons (Fsp3) is 0.821. The topological polar surface area (TPSA) is 87.0 Å². The third-order valence-corrected chi connectivity index (χ3v) is 8.15. The van der Waals surface area contributed by atoms with Gasteiger partial charge in [0.15, 0.2) is 0 Å². The summed E-state index contributed by atoms with van der Waals surface area (Å²) in [4.78, 5) is 10.9. The second-order valence-electron chi connectivity index (χ2n) is 11.5. The number of aliphatic hydroxyl groups excluding tert-OH is 1. The van der Waals surface area contributed by atoms with Gasteiger partial charge < -0.3 is 20.1 Å². The maximum Gasteiger partial charge on any atom is 0.306 e. The molecular weight excluding hydrogens is 416 g/mol. The van der Waals surface area contributed by atoms with Crippen LogP contribution in [0.4, 0.5) is 0 Å². The van der Waals surface area contributed by atoms with E-state index in [9.17, 15) is 15.0 Å². The maximum atomic E-state index is 10.9. The minimum absolute atomic E-state index is 0.136. The lowest BCUT2D eigenvalue weighted by atomic mass is 9.75. The zero-order chi connectivity index (χ0) is 24.8. The lowest BCUT2D eigenvalue weighted by Crippen LogP contribution is -2.40. The molecule has 33 heavy (non-hydrogen) atoms. The number of hydrogen-bond acceptors (Lipinski definition) is 4. The molecule has 190 valence electrons. The Morgan fingerprint density at radius 1 is 1.30 bits per heavy atom. The van der Waals surface area contributed by atoms with E-state index in [0.717, 1.165) is 63.5 Å². The summed E-state index contributed by atoms with van der Waals surface area (Å²) in [5.41, 5.74) is 1.81. The predicted octanol–water partition coefficient (Wildman–Crippen LogP) is 6.39. The van der Waals surface area contributed by atoms with Crippen LogP contribution >= 0.6 is 0 Å². The molecule has 0 aromatic heterocycles. The van der Waals surface area contributed by atoms with E-state index in [4.69, 9.17) is 9.84 Å². The van der Waals surface area contributed by atoms with Gasteiger partial charge in [0.1, 0.15) is 5.60 Å². The first-order valence-corrected chi connectivity index (χ1v) is 13.0. The summed E-state index contributed by atoms with van der Waals surface area (Å²) in [6.07, 6.45) is 11.5. The first-order chi connectivity index (χ1) is 15.3. The summed E-state index contributed by atoms with van der Waals surface area (Å²) in [5, 5.41) is 29.9. The van der Waals surface area contributed by atoms with Crippen molar-refractivity contribution >= 4 is 5.97 Å². The molecule has 2 aliphatic rings. The first-order valence-electron chi connectivity index (χ1n) is 13.0. The van der Waals surface area contributed by atoms with E-state index in [1.54, 1.807) is 6.92 Å².